The summed E-state index contributed by atoms with van der Waals surface area (Å²) in [4.78, 5) is -0.589. The second-order valence-corrected chi connectivity index (χ2v) is 5.92. The summed E-state index contributed by atoms with van der Waals surface area (Å²) in [6, 6.07) is 3.25. The third-order valence-electron chi connectivity index (χ3n) is 1.70. The lowest BCUT2D eigenvalue weighted by atomic mass is 10.2. The van der Waals surface area contributed by atoms with E-state index in [-0.39, 0.29) is 11.3 Å². The van der Waals surface area contributed by atoms with E-state index in [1.165, 1.54) is 6.07 Å². The molecule has 0 saturated carbocycles. The molecule has 1 aromatic rings. The molecule has 9 heteroatoms. The molecule has 1 rings (SSSR count). The first-order valence-electron chi connectivity index (χ1n) is 3.90. The minimum atomic E-state index is -4.51. The van der Waals surface area contributed by atoms with E-state index in [1.807, 2.05) is 0 Å². The highest BCUT2D eigenvalue weighted by Crippen LogP contribution is 2.20. The van der Waals surface area contributed by atoms with Crippen molar-refractivity contribution in [1.29, 1.82) is 0 Å². The summed E-state index contributed by atoms with van der Waals surface area (Å²) in [5.74, 6) is -0.754. The first kappa shape index (κ1) is 12.9. The second-order valence-electron chi connectivity index (χ2n) is 3.07. The van der Waals surface area contributed by atoms with Crippen LogP contribution >= 0.6 is 0 Å². The molecule has 0 saturated heterocycles. The SMILES string of the molecule is Nc1ccc(CS(=O)(=O)O)cc1S(=O)(=O)O. The Kier molecular flexibility index (Phi) is 3.24. The molecular formula is C7H9NO6S2. The van der Waals surface area contributed by atoms with Crippen molar-refractivity contribution in [3.8, 4) is 0 Å². The minimum absolute atomic E-state index is 0.00400. The van der Waals surface area contributed by atoms with Crippen molar-refractivity contribution in [1.82, 2.24) is 0 Å². The van der Waals surface area contributed by atoms with Crippen molar-refractivity contribution in [3.05, 3.63) is 23.8 Å². The van der Waals surface area contributed by atoms with Crippen LogP contribution in [0.1, 0.15) is 5.56 Å². The molecule has 90 valence electrons. The van der Waals surface area contributed by atoms with Crippen LogP contribution in [-0.4, -0.2) is 25.9 Å². The van der Waals surface area contributed by atoms with E-state index in [1.54, 1.807) is 0 Å². The van der Waals surface area contributed by atoms with Crippen LogP contribution in [0, 0.1) is 0 Å². The van der Waals surface area contributed by atoms with E-state index in [4.69, 9.17) is 14.8 Å². The van der Waals surface area contributed by atoms with Gasteiger partial charge in [-0.2, -0.15) is 16.8 Å². The molecule has 16 heavy (non-hydrogen) atoms. The summed E-state index contributed by atoms with van der Waals surface area (Å²) in [6.45, 7) is 0. The van der Waals surface area contributed by atoms with Gasteiger partial charge in [0, 0.05) is 0 Å². The van der Waals surface area contributed by atoms with Crippen molar-refractivity contribution in [2.24, 2.45) is 0 Å². The largest absolute Gasteiger partial charge is 0.398 e. The highest BCUT2D eigenvalue weighted by Gasteiger charge is 2.16. The molecule has 0 aliphatic heterocycles. The average molecular weight is 267 g/mol. The normalized spacial score (nSPS) is 12.6. The van der Waals surface area contributed by atoms with Crippen LogP contribution in [-0.2, 0) is 26.0 Å². The number of nitrogens with two attached hydrogens (primary N) is 1. The predicted molar refractivity (Wildman–Crippen MR) is 55.9 cm³/mol. The summed E-state index contributed by atoms with van der Waals surface area (Å²) in [5.41, 5.74) is 5.09. The Morgan fingerprint density at radius 3 is 2.12 bits per heavy atom. The number of hydrogen-bond acceptors (Lipinski definition) is 5. The quantitative estimate of drug-likeness (QED) is 0.514. The first-order valence-corrected chi connectivity index (χ1v) is 6.95. The zero-order valence-corrected chi connectivity index (χ0v) is 9.49. The third kappa shape index (κ3) is 3.45. The molecule has 0 bridgehead atoms. The topological polar surface area (TPSA) is 135 Å². The van der Waals surface area contributed by atoms with Gasteiger partial charge in [0.05, 0.1) is 5.69 Å². The van der Waals surface area contributed by atoms with Crippen molar-refractivity contribution >= 4 is 25.9 Å². The number of hydrogen-bond donors (Lipinski definition) is 3. The van der Waals surface area contributed by atoms with E-state index in [0.29, 0.717) is 0 Å². The van der Waals surface area contributed by atoms with Gasteiger partial charge in [0.25, 0.3) is 20.2 Å². The van der Waals surface area contributed by atoms with Crippen molar-refractivity contribution in [2.45, 2.75) is 10.6 Å². The maximum absolute atomic E-state index is 10.8. The Hall–Kier alpha value is -1.16. The highest BCUT2D eigenvalue weighted by molar-refractivity contribution is 7.86. The molecule has 0 aromatic heterocycles. The van der Waals surface area contributed by atoms with Crippen LogP contribution < -0.4 is 5.73 Å². The molecule has 0 spiro atoms. The van der Waals surface area contributed by atoms with Crippen molar-refractivity contribution < 1.29 is 25.9 Å². The Morgan fingerprint density at radius 2 is 1.69 bits per heavy atom. The fourth-order valence-corrected chi connectivity index (χ4v) is 2.37. The number of nitrogen functional groups attached to an aromatic ring is 1. The monoisotopic (exact) mass is 267 g/mol. The van der Waals surface area contributed by atoms with Gasteiger partial charge in [0.1, 0.15) is 10.6 Å². The van der Waals surface area contributed by atoms with E-state index in [0.717, 1.165) is 12.1 Å². The number of anilines is 1. The maximum atomic E-state index is 10.8. The molecule has 0 heterocycles. The lowest BCUT2D eigenvalue weighted by Gasteiger charge is -2.04. The lowest BCUT2D eigenvalue weighted by molar-refractivity contribution is 0.478. The van der Waals surface area contributed by atoms with Gasteiger partial charge in [-0.05, 0) is 17.7 Å². The molecule has 1 aromatic carbocycles. The molecule has 0 fully saturated rings. The molecule has 0 amide bonds. The summed E-state index contributed by atoms with van der Waals surface area (Å²) >= 11 is 0. The molecule has 7 nitrogen and oxygen atoms in total. The Labute approximate surface area is 92.4 Å². The molecule has 0 aliphatic carbocycles. The van der Waals surface area contributed by atoms with Crippen molar-refractivity contribution in [2.75, 3.05) is 5.73 Å². The zero-order chi connectivity index (χ0) is 12.6. The fourth-order valence-electron chi connectivity index (χ4n) is 1.10. The third-order valence-corrected chi connectivity index (χ3v) is 3.31. The van der Waals surface area contributed by atoms with Gasteiger partial charge in [-0.15, -0.1) is 0 Å². The molecule has 0 aliphatic rings. The molecule has 0 radical (unpaired) electrons. The fraction of sp³-hybridized carbons (Fsp3) is 0.143. The second kappa shape index (κ2) is 4.01. The highest BCUT2D eigenvalue weighted by atomic mass is 32.2. The van der Waals surface area contributed by atoms with Crippen LogP contribution in [0.5, 0.6) is 0 Å². The average Bonchev–Trinajstić information content (AvgIpc) is 2.04. The smallest absolute Gasteiger partial charge is 0.296 e. The van der Waals surface area contributed by atoms with E-state index in [2.05, 4.69) is 0 Å². The summed E-state index contributed by atoms with van der Waals surface area (Å²) in [6.07, 6.45) is 0. The zero-order valence-electron chi connectivity index (χ0n) is 7.86. The molecule has 4 N–H and O–H groups in total. The van der Waals surface area contributed by atoms with Crippen LogP contribution in [0.15, 0.2) is 23.1 Å². The van der Waals surface area contributed by atoms with Crippen molar-refractivity contribution in [3.63, 3.8) is 0 Å². The van der Waals surface area contributed by atoms with E-state index >= 15 is 0 Å². The molecule has 0 atom stereocenters. The van der Waals surface area contributed by atoms with Crippen LogP contribution in [0.25, 0.3) is 0 Å². The standard InChI is InChI=1S/C7H9NO6S2/c8-6-2-1-5(4-15(9,10)11)3-7(6)16(12,13)14/h1-3H,4,8H2,(H,9,10,11)(H,12,13,14). The van der Waals surface area contributed by atoms with E-state index in [9.17, 15) is 16.8 Å². The minimum Gasteiger partial charge on any atom is -0.398 e. The maximum Gasteiger partial charge on any atom is 0.296 e. The van der Waals surface area contributed by atoms with Gasteiger partial charge in [-0.25, -0.2) is 0 Å². The summed E-state index contributed by atoms with van der Waals surface area (Å²) in [5, 5.41) is 0. The molecular weight excluding hydrogens is 258 g/mol. The van der Waals surface area contributed by atoms with Crippen LogP contribution in [0.4, 0.5) is 5.69 Å². The Balaban J connectivity index is 3.29. The molecule has 0 unspecified atom stereocenters. The predicted octanol–water partition coefficient (Wildman–Crippen LogP) is -0.0967. The first-order chi connectivity index (χ1) is 7.09. The summed E-state index contributed by atoms with van der Waals surface area (Å²) < 4.78 is 60.1. The van der Waals surface area contributed by atoms with Crippen LogP contribution in [0.2, 0.25) is 0 Å². The van der Waals surface area contributed by atoms with Gasteiger partial charge in [-0.3, -0.25) is 9.11 Å². The van der Waals surface area contributed by atoms with Gasteiger partial charge >= 0.3 is 0 Å². The van der Waals surface area contributed by atoms with E-state index < -0.39 is 30.9 Å². The Bertz CT molecular complexity index is 604. The van der Waals surface area contributed by atoms with Gasteiger partial charge in [0.15, 0.2) is 0 Å². The van der Waals surface area contributed by atoms with Gasteiger partial charge < -0.3 is 5.73 Å². The Morgan fingerprint density at radius 1 is 1.12 bits per heavy atom. The summed E-state index contributed by atoms with van der Waals surface area (Å²) in [7, 11) is -8.78. The number of rotatable bonds is 3. The van der Waals surface area contributed by atoms with Crippen LogP contribution in [0.3, 0.4) is 0 Å². The number of benzene rings is 1. The van der Waals surface area contributed by atoms with Gasteiger partial charge in [-0.1, -0.05) is 6.07 Å². The van der Waals surface area contributed by atoms with Gasteiger partial charge in [0.2, 0.25) is 0 Å². The lowest BCUT2D eigenvalue weighted by Crippen LogP contribution is -2.06.